The summed E-state index contributed by atoms with van der Waals surface area (Å²) in [7, 11) is 0. The molecular formula is C10H15BrClNS. The highest BCUT2D eigenvalue weighted by Crippen LogP contribution is 2.32. The summed E-state index contributed by atoms with van der Waals surface area (Å²) in [5.74, 6) is 0. The summed E-state index contributed by atoms with van der Waals surface area (Å²) in [5, 5.41) is 0. The topological polar surface area (TPSA) is 26.0 Å². The first-order valence-corrected chi connectivity index (χ1v) is 5.77. The molecule has 1 aromatic heterocycles. The lowest BCUT2D eigenvalue weighted by molar-refractivity contribution is 0.731. The quantitative estimate of drug-likeness (QED) is 0.831. The molecule has 1 heterocycles. The van der Waals surface area contributed by atoms with E-state index in [0.717, 1.165) is 12.0 Å². The molecule has 0 bridgehead atoms. The molecule has 1 atom stereocenters. The Labute approximate surface area is 104 Å². The summed E-state index contributed by atoms with van der Waals surface area (Å²) in [5.41, 5.74) is 8.40. The SMILES string of the molecule is C=C(C)C[C@H](N)c1cc(C)c(Br)s1.Cl. The zero-order chi connectivity index (χ0) is 10.0. The summed E-state index contributed by atoms with van der Waals surface area (Å²) >= 11 is 5.21. The van der Waals surface area contributed by atoms with Gasteiger partial charge in [0.2, 0.25) is 0 Å². The van der Waals surface area contributed by atoms with Crippen molar-refractivity contribution in [3.05, 3.63) is 32.4 Å². The van der Waals surface area contributed by atoms with E-state index in [0.29, 0.717) is 0 Å². The lowest BCUT2D eigenvalue weighted by atomic mass is 10.1. The maximum atomic E-state index is 6.01. The van der Waals surface area contributed by atoms with Crippen LogP contribution in [0.3, 0.4) is 0 Å². The summed E-state index contributed by atoms with van der Waals surface area (Å²) in [6.45, 7) is 7.95. The summed E-state index contributed by atoms with van der Waals surface area (Å²) < 4.78 is 1.18. The third-order valence-corrected chi connectivity index (χ3v) is 4.08. The van der Waals surface area contributed by atoms with Crippen LogP contribution in [0.2, 0.25) is 0 Å². The van der Waals surface area contributed by atoms with E-state index >= 15 is 0 Å². The lowest BCUT2D eigenvalue weighted by Gasteiger charge is -2.07. The molecule has 0 fully saturated rings. The fourth-order valence-electron chi connectivity index (χ4n) is 1.14. The molecule has 0 aliphatic heterocycles. The molecule has 1 rings (SSSR count). The lowest BCUT2D eigenvalue weighted by Crippen LogP contribution is -2.08. The van der Waals surface area contributed by atoms with Crippen molar-refractivity contribution in [3.8, 4) is 0 Å². The van der Waals surface area contributed by atoms with Crippen LogP contribution in [0.1, 0.15) is 29.8 Å². The molecule has 0 aromatic carbocycles. The van der Waals surface area contributed by atoms with Crippen LogP contribution in [0.4, 0.5) is 0 Å². The number of halogens is 2. The van der Waals surface area contributed by atoms with E-state index in [1.807, 2.05) is 6.92 Å². The van der Waals surface area contributed by atoms with Crippen LogP contribution in [0.25, 0.3) is 0 Å². The first-order chi connectivity index (χ1) is 6.00. The molecule has 0 radical (unpaired) electrons. The molecule has 14 heavy (non-hydrogen) atoms. The maximum absolute atomic E-state index is 6.01. The van der Waals surface area contributed by atoms with E-state index in [4.69, 9.17) is 5.73 Å². The highest BCUT2D eigenvalue weighted by molar-refractivity contribution is 9.11. The fourth-order valence-corrected chi connectivity index (χ4v) is 2.71. The smallest absolute Gasteiger partial charge is 0.0731 e. The van der Waals surface area contributed by atoms with Crippen molar-refractivity contribution < 1.29 is 0 Å². The molecule has 2 N–H and O–H groups in total. The Hall–Kier alpha value is 0.170. The molecule has 0 aliphatic rings. The second kappa shape index (κ2) is 5.91. The number of nitrogens with two attached hydrogens (primary N) is 1. The van der Waals surface area contributed by atoms with Gasteiger partial charge in [-0.25, -0.2) is 0 Å². The molecule has 0 amide bonds. The van der Waals surface area contributed by atoms with Gasteiger partial charge in [-0.1, -0.05) is 5.57 Å². The molecule has 0 saturated heterocycles. The van der Waals surface area contributed by atoms with Gasteiger partial charge in [-0.3, -0.25) is 0 Å². The zero-order valence-corrected chi connectivity index (χ0v) is 11.6. The average Bonchev–Trinajstić information content (AvgIpc) is 2.31. The van der Waals surface area contributed by atoms with E-state index < -0.39 is 0 Å². The van der Waals surface area contributed by atoms with Crippen LogP contribution in [0.15, 0.2) is 22.0 Å². The van der Waals surface area contributed by atoms with E-state index in [9.17, 15) is 0 Å². The first kappa shape index (κ1) is 14.2. The van der Waals surface area contributed by atoms with Gasteiger partial charge >= 0.3 is 0 Å². The predicted molar refractivity (Wildman–Crippen MR) is 70.4 cm³/mol. The predicted octanol–water partition coefficient (Wildman–Crippen LogP) is 4.21. The molecule has 0 aliphatic carbocycles. The summed E-state index contributed by atoms with van der Waals surface area (Å²) in [4.78, 5) is 1.23. The second-order valence-electron chi connectivity index (χ2n) is 3.37. The Kier molecular flexibility index (Phi) is 5.98. The minimum atomic E-state index is 0. The molecule has 0 spiro atoms. The third-order valence-electron chi connectivity index (χ3n) is 1.81. The van der Waals surface area contributed by atoms with Crippen molar-refractivity contribution in [2.75, 3.05) is 0 Å². The van der Waals surface area contributed by atoms with Gasteiger partial charge in [0.25, 0.3) is 0 Å². The van der Waals surface area contributed by atoms with Crippen molar-refractivity contribution in [1.29, 1.82) is 0 Å². The van der Waals surface area contributed by atoms with Crippen LogP contribution in [-0.4, -0.2) is 0 Å². The van der Waals surface area contributed by atoms with Crippen LogP contribution in [0, 0.1) is 6.92 Å². The van der Waals surface area contributed by atoms with Gasteiger partial charge in [0, 0.05) is 10.9 Å². The van der Waals surface area contributed by atoms with Crippen LogP contribution in [0.5, 0.6) is 0 Å². The van der Waals surface area contributed by atoms with E-state index in [-0.39, 0.29) is 18.4 Å². The normalized spacial score (nSPS) is 12.0. The van der Waals surface area contributed by atoms with Crippen molar-refractivity contribution in [3.63, 3.8) is 0 Å². The number of hydrogen-bond acceptors (Lipinski definition) is 2. The van der Waals surface area contributed by atoms with E-state index in [2.05, 4.69) is 35.5 Å². The van der Waals surface area contributed by atoms with Gasteiger partial charge in [-0.05, 0) is 47.8 Å². The van der Waals surface area contributed by atoms with Crippen molar-refractivity contribution >= 4 is 39.7 Å². The third kappa shape index (κ3) is 3.73. The van der Waals surface area contributed by atoms with E-state index in [1.54, 1.807) is 11.3 Å². The minimum absolute atomic E-state index is 0. The molecule has 1 aromatic rings. The van der Waals surface area contributed by atoms with Crippen molar-refractivity contribution in [2.24, 2.45) is 5.73 Å². The van der Waals surface area contributed by atoms with Crippen molar-refractivity contribution in [2.45, 2.75) is 26.3 Å². The van der Waals surface area contributed by atoms with Crippen LogP contribution in [-0.2, 0) is 0 Å². The van der Waals surface area contributed by atoms with Gasteiger partial charge in [0.15, 0.2) is 0 Å². The minimum Gasteiger partial charge on any atom is -0.323 e. The average molecular weight is 297 g/mol. The number of thiophene rings is 1. The molecular weight excluding hydrogens is 282 g/mol. The Morgan fingerprint density at radius 3 is 2.64 bits per heavy atom. The molecule has 80 valence electrons. The highest BCUT2D eigenvalue weighted by atomic mass is 79.9. The van der Waals surface area contributed by atoms with Crippen LogP contribution < -0.4 is 5.73 Å². The summed E-state index contributed by atoms with van der Waals surface area (Å²) in [6.07, 6.45) is 0.867. The second-order valence-corrected chi connectivity index (χ2v) is 5.77. The van der Waals surface area contributed by atoms with Gasteiger partial charge in [0.05, 0.1) is 3.79 Å². The van der Waals surface area contributed by atoms with Gasteiger partial charge < -0.3 is 5.73 Å². The fraction of sp³-hybridized carbons (Fsp3) is 0.400. The monoisotopic (exact) mass is 295 g/mol. The molecule has 1 nitrogen and oxygen atoms in total. The first-order valence-electron chi connectivity index (χ1n) is 4.16. The Balaban J connectivity index is 0.00000169. The van der Waals surface area contributed by atoms with E-state index in [1.165, 1.54) is 14.2 Å². The van der Waals surface area contributed by atoms with Crippen LogP contribution >= 0.6 is 39.7 Å². The Morgan fingerprint density at radius 2 is 2.29 bits per heavy atom. The standard InChI is InChI=1S/C10H14BrNS.ClH/c1-6(2)4-8(12)9-5-7(3)10(11)13-9;/h5,8H,1,4,12H2,2-3H3;1H/t8-;/m0./s1. The number of hydrogen-bond donors (Lipinski definition) is 1. The highest BCUT2D eigenvalue weighted by Gasteiger charge is 2.10. The Morgan fingerprint density at radius 1 is 1.71 bits per heavy atom. The van der Waals surface area contributed by atoms with Crippen molar-refractivity contribution in [1.82, 2.24) is 0 Å². The maximum Gasteiger partial charge on any atom is 0.0731 e. The largest absolute Gasteiger partial charge is 0.323 e. The van der Waals surface area contributed by atoms with Gasteiger partial charge in [-0.2, -0.15) is 0 Å². The van der Waals surface area contributed by atoms with Gasteiger partial charge in [-0.15, -0.1) is 30.3 Å². The zero-order valence-electron chi connectivity index (χ0n) is 8.34. The summed E-state index contributed by atoms with van der Waals surface area (Å²) in [6, 6.07) is 2.25. The Bertz CT molecular complexity index is 302. The molecule has 4 heteroatoms. The molecule has 0 saturated carbocycles. The molecule has 0 unspecified atom stereocenters. The number of rotatable bonds is 3. The van der Waals surface area contributed by atoms with Gasteiger partial charge in [0.1, 0.15) is 0 Å². The number of aryl methyl sites for hydroxylation is 1.